The summed E-state index contributed by atoms with van der Waals surface area (Å²) in [6.07, 6.45) is 0. The highest BCUT2D eigenvalue weighted by atomic mass is 19.3. The molecule has 0 aliphatic heterocycles. The number of nitrogens with one attached hydrogen (secondary N) is 1. The Hall–Kier alpha value is -2.22. The lowest BCUT2D eigenvalue weighted by atomic mass is 10.1. The van der Waals surface area contributed by atoms with Crippen molar-refractivity contribution in [2.75, 3.05) is 6.54 Å². The number of halogens is 2. The number of amides is 1. The lowest BCUT2D eigenvalue weighted by molar-refractivity contribution is -0.155. The zero-order valence-corrected chi connectivity index (χ0v) is 10.5. The van der Waals surface area contributed by atoms with Gasteiger partial charge in [0.15, 0.2) is 5.60 Å². The monoisotopic (exact) mass is 289 g/mol. The van der Waals surface area contributed by atoms with Gasteiger partial charge < -0.3 is 20.3 Å². The van der Waals surface area contributed by atoms with Crippen LogP contribution in [0.15, 0.2) is 24.3 Å². The number of carboxylic acid groups (broad SMARTS) is 1. The predicted molar refractivity (Wildman–Crippen MR) is 63.7 cm³/mol. The molecule has 3 N–H and O–H groups in total. The van der Waals surface area contributed by atoms with Crippen LogP contribution >= 0.6 is 0 Å². The molecule has 0 radical (unpaired) electrons. The Morgan fingerprint density at radius 3 is 2.35 bits per heavy atom. The zero-order chi connectivity index (χ0) is 15.3. The Kier molecular flexibility index (Phi) is 4.98. The van der Waals surface area contributed by atoms with Crippen molar-refractivity contribution in [3.05, 3.63) is 29.8 Å². The number of aliphatic hydroxyl groups is 1. The molecule has 0 spiro atoms. The molecular formula is C12H13F2NO5. The maximum absolute atomic E-state index is 11.9. The van der Waals surface area contributed by atoms with Gasteiger partial charge in [-0.1, -0.05) is 0 Å². The van der Waals surface area contributed by atoms with Crippen LogP contribution in [-0.2, 0) is 4.79 Å². The number of ether oxygens (including phenoxy) is 1. The molecule has 1 aromatic carbocycles. The van der Waals surface area contributed by atoms with Gasteiger partial charge >= 0.3 is 12.6 Å². The van der Waals surface area contributed by atoms with Gasteiger partial charge in [0, 0.05) is 5.56 Å². The highest BCUT2D eigenvalue weighted by Crippen LogP contribution is 2.15. The van der Waals surface area contributed by atoms with Gasteiger partial charge in [-0.05, 0) is 31.2 Å². The zero-order valence-electron chi connectivity index (χ0n) is 10.5. The summed E-state index contributed by atoms with van der Waals surface area (Å²) in [7, 11) is 0. The molecule has 0 fully saturated rings. The van der Waals surface area contributed by atoms with Crippen LogP contribution in [0.5, 0.6) is 5.75 Å². The second-order valence-electron chi connectivity index (χ2n) is 4.16. The summed E-state index contributed by atoms with van der Waals surface area (Å²) in [5, 5.41) is 20.3. The first kappa shape index (κ1) is 15.8. The predicted octanol–water partition coefficient (Wildman–Crippen LogP) is 0.853. The SMILES string of the molecule is CC(O)(CNC(=O)c1ccc(OC(F)F)cc1)C(=O)O. The van der Waals surface area contributed by atoms with Crippen LogP contribution in [0.1, 0.15) is 17.3 Å². The Morgan fingerprint density at radius 2 is 1.90 bits per heavy atom. The van der Waals surface area contributed by atoms with E-state index < -0.39 is 30.6 Å². The van der Waals surface area contributed by atoms with Gasteiger partial charge in [0.2, 0.25) is 0 Å². The van der Waals surface area contributed by atoms with Crippen LogP contribution in [-0.4, -0.2) is 40.8 Å². The molecular weight excluding hydrogens is 276 g/mol. The number of carbonyl (C=O) groups excluding carboxylic acids is 1. The molecule has 0 heterocycles. The molecule has 0 saturated heterocycles. The number of aliphatic carboxylic acids is 1. The molecule has 1 unspecified atom stereocenters. The van der Waals surface area contributed by atoms with Crippen LogP contribution in [0.3, 0.4) is 0 Å². The van der Waals surface area contributed by atoms with Crippen molar-refractivity contribution in [2.45, 2.75) is 19.1 Å². The van der Waals surface area contributed by atoms with Gasteiger partial charge in [-0.25, -0.2) is 4.79 Å². The lowest BCUT2D eigenvalue weighted by Gasteiger charge is -2.18. The Morgan fingerprint density at radius 1 is 1.35 bits per heavy atom. The van der Waals surface area contributed by atoms with Crippen molar-refractivity contribution in [2.24, 2.45) is 0 Å². The van der Waals surface area contributed by atoms with Crippen molar-refractivity contribution in [3.63, 3.8) is 0 Å². The highest BCUT2D eigenvalue weighted by molar-refractivity contribution is 5.94. The first-order chi connectivity index (χ1) is 9.22. The van der Waals surface area contributed by atoms with E-state index in [1.165, 1.54) is 24.3 Å². The van der Waals surface area contributed by atoms with E-state index in [2.05, 4.69) is 10.1 Å². The van der Waals surface area contributed by atoms with Crippen molar-refractivity contribution >= 4 is 11.9 Å². The second-order valence-corrected chi connectivity index (χ2v) is 4.16. The molecule has 0 bridgehead atoms. The summed E-state index contributed by atoms with van der Waals surface area (Å²) in [5.74, 6) is -2.22. The van der Waals surface area contributed by atoms with Crippen LogP contribution in [0.25, 0.3) is 0 Å². The summed E-state index contributed by atoms with van der Waals surface area (Å²) >= 11 is 0. The van der Waals surface area contributed by atoms with Gasteiger partial charge in [0.1, 0.15) is 5.75 Å². The number of carbonyl (C=O) groups is 2. The topological polar surface area (TPSA) is 95.9 Å². The van der Waals surface area contributed by atoms with E-state index in [1.807, 2.05) is 0 Å². The molecule has 6 nitrogen and oxygen atoms in total. The van der Waals surface area contributed by atoms with Gasteiger partial charge in [-0.15, -0.1) is 0 Å². The maximum Gasteiger partial charge on any atom is 0.387 e. The standard InChI is InChI=1S/C12H13F2NO5/c1-12(19,10(17)18)6-15-9(16)7-2-4-8(5-3-7)20-11(13)14/h2-5,11,19H,6H2,1H3,(H,15,16)(H,17,18). The van der Waals surface area contributed by atoms with Crippen LogP contribution in [0.2, 0.25) is 0 Å². The number of carboxylic acids is 1. The number of hydrogen-bond donors (Lipinski definition) is 3. The average Bonchev–Trinajstić information content (AvgIpc) is 2.36. The van der Waals surface area contributed by atoms with Crippen LogP contribution in [0.4, 0.5) is 8.78 Å². The first-order valence-electron chi connectivity index (χ1n) is 5.51. The minimum absolute atomic E-state index is 0.103. The Labute approximate surface area is 113 Å². The quantitative estimate of drug-likeness (QED) is 0.721. The molecule has 1 aromatic rings. The molecule has 1 rings (SSSR count). The van der Waals surface area contributed by atoms with Gasteiger partial charge in [0.05, 0.1) is 6.54 Å². The fraction of sp³-hybridized carbons (Fsp3) is 0.333. The Bertz CT molecular complexity index is 487. The average molecular weight is 289 g/mol. The third-order valence-corrected chi connectivity index (χ3v) is 2.40. The number of alkyl halides is 2. The molecule has 0 saturated carbocycles. The van der Waals surface area contributed by atoms with E-state index in [0.717, 1.165) is 6.92 Å². The van der Waals surface area contributed by atoms with E-state index in [4.69, 9.17) is 5.11 Å². The lowest BCUT2D eigenvalue weighted by Crippen LogP contribution is -2.46. The van der Waals surface area contributed by atoms with Crippen molar-refractivity contribution in [1.29, 1.82) is 0 Å². The molecule has 110 valence electrons. The van der Waals surface area contributed by atoms with Crippen molar-refractivity contribution in [3.8, 4) is 5.75 Å². The number of hydrogen-bond acceptors (Lipinski definition) is 4. The number of rotatable bonds is 6. The molecule has 0 aliphatic carbocycles. The summed E-state index contributed by atoms with van der Waals surface area (Å²) in [5.41, 5.74) is -1.97. The van der Waals surface area contributed by atoms with E-state index in [0.29, 0.717) is 0 Å². The molecule has 8 heteroatoms. The van der Waals surface area contributed by atoms with Gasteiger partial charge in [0.25, 0.3) is 5.91 Å². The molecule has 0 aliphatic rings. The summed E-state index contributed by atoms with van der Waals surface area (Å²) in [4.78, 5) is 22.3. The normalized spacial score (nSPS) is 13.7. The van der Waals surface area contributed by atoms with E-state index >= 15 is 0 Å². The minimum Gasteiger partial charge on any atom is -0.479 e. The van der Waals surface area contributed by atoms with Crippen LogP contribution < -0.4 is 10.1 Å². The largest absolute Gasteiger partial charge is 0.479 e. The molecule has 1 atom stereocenters. The fourth-order valence-electron chi connectivity index (χ4n) is 1.22. The maximum atomic E-state index is 11.9. The number of benzene rings is 1. The van der Waals surface area contributed by atoms with Gasteiger partial charge in [-0.3, -0.25) is 4.79 Å². The third-order valence-electron chi connectivity index (χ3n) is 2.40. The minimum atomic E-state index is -2.96. The molecule has 0 aromatic heterocycles. The third kappa shape index (κ3) is 4.47. The highest BCUT2D eigenvalue weighted by Gasteiger charge is 2.30. The molecule has 20 heavy (non-hydrogen) atoms. The smallest absolute Gasteiger partial charge is 0.387 e. The van der Waals surface area contributed by atoms with Crippen LogP contribution in [0, 0.1) is 0 Å². The first-order valence-corrected chi connectivity index (χ1v) is 5.51. The summed E-state index contributed by atoms with van der Waals surface area (Å²) < 4.78 is 28.0. The summed E-state index contributed by atoms with van der Waals surface area (Å²) in [6.45, 7) is -2.41. The Balaban J connectivity index is 2.62. The summed E-state index contributed by atoms with van der Waals surface area (Å²) in [6, 6.07) is 4.83. The van der Waals surface area contributed by atoms with Crippen molar-refractivity contribution < 1.29 is 33.3 Å². The van der Waals surface area contributed by atoms with E-state index in [-0.39, 0.29) is 11.3 Å². The second kappa shape index (κ2) is 6.29. The van der Waals surface area contributed by atoms with Crippen molar-refractivity contribution in [1.82, 2.24) is 5.32 Å². The van der Waals surface area contributed by atoms with Gasteiger partial charge in [-0.2, -0.15) is 8.78 Å². The fourth-order valence-corrected chi connectivity index (χ4v) is 1.22. The van der Waals surface area contributed by atoms with E-state index in [1.54, 1.807) is 0 Å². The van der Waals surface area contributed by atoms with E-state index in [9.17, 15) is 23.5 Å². The molecule has 1 amide bonds.